The van der Waals surface area contributed by atoms with E-state index in [1.165, 1.54) is 30.5 Å². The molecule has 1 aromatic carbocycles. The Kier molecular flexibility index (Phi) is 2.13. The molecule has 2 rings (SSSR count). The third-order valence-corrected chi connectivity index (χ3v) is 2.65. The lowest BCUT2D eigenvalue weighted by molar-refractivity contribution is 0.369. The Morgan fingerprint density at radius 1 is 1.42 bits per heavy atom. The standard InChI is InChI=1S/C11H15N/c1-9-4-2-3-5-10(9)8-11-6-7-12-11/h2-5,11-12H,6-8H2,1H3. The Bertz CT molecular complexity index is 263. The summed E-state index contributed by atoms with van der Waals surface area (Å²) in [5.74, 6) is 0. The van der Waals surface area contributed by atoms with Crippen LogP contribution in [0.4, 0.5) is 0 Å². The zero-order valence-electron chi connectivity index (χ0n) is 7.51. The Morgan fingerprint density at radius 2 is 2.17 bits per heavy atom. The minimum atomic E-state index is 0.742. The van der Waals surface area contributed by atoms with Crippen LogP contribution in [0.2, 0.25) is 0 Å². The van der Waals surface area contributed by atoms with Crippen LogP contribution >= 0.6 is 0 Å². The fourth-order valence-corrected chi connectivity index (χ4v) is 1.63. The van der Waals surface area contributed by atoms with Crippen molar-refractivity contribution in [2.75, 3.05) is 6.54 Å². The maximum atomic E-state index is 3.42. The summed E-state index contributed by atoms with van der Waals surface area (Å²) in [6, 6.07) is 9.39. The highest BCUT2D eigenvalue weighted by molar-refractivity contribution is 5.26. The predicted molar refractivity (Wildman–Crippen MR) is 51.3 cm³/mol. The summed E-state index contributed by atoms with van der Waals surface area (Å²) in [4.78, 5) is 0. The summed E-state index contributed by atoms with van der Waals surface area (Å²) in [7, 11) is 0. The summed E-state index contributed by atoms with van der Waals surface area (Å²) in [5, 5.41) is 3.42. The number of nitrogens with one attached hydrogen (secondary N) is 1. The quantitative estimate of drug-likeness (QED) is 0.698. The van der Waals surface area contributed by atoms with Gasteiger partial charge in [-0.1, -0.05) is 24.3 Å². The van der Waals surface area contributed by atoms with Gasteiger partial charge in [0.25, 0.3) is 0 Å². The molecule has 1 aliphatic rings. The van der Waals surface area contributed by atoms with Gasteiger partial charge in [-0.25, -0.2) is 0 Å². The summed E-state index contributed by atoms with van der Waals surface area (Å²) in [5.41, 5.74) is 2.92. The van der Waals surface area contributed by atoms with Crippen molar-refractivity contribution in [1.82, 2.24) is 5.32 Å². The molecule has 1 fully saturated rings. The van der Waals surface area contributed by atoms with Gasteiger partial charge in [0.05, 0.1) is 0 Å². The molecular formula is C11H15N. The molecular weight excluding hydrogens is 146 g/mol. The van der Waals surface area contributed by atoms with Crippen LogP contribution in [-0.4, -0.2) is 12.6 Å². The molecule has 1 aliphatic heterocycles. The van der Waals surface area contributed by atoms with Crippen LogP contribution in [0.3, 0.4) is 0 Å². The Labute approximate surface area is 73.8 Å². The molecule has 1 N–H and O–H groups in total. The summed E-state index contributed by atoms with van der Waals surface area (Å²) in [6.45, 7) is 3.39. The molecule has 0 spiro atoms. The minimum absolute atomic E-state index is 0.742. The van der Waals surface area contributed by atoms with Gasteiger partial charge >= 0.3 is 0 Å². The largest absolute Gasteiger partial charge is 0.314 e. The lowest BCUT2D eigenvalue weighted by Gasteiger charge is -2.28. The zero-order chi connectivity index (χ0) is 8.39. The Hall–Kier alpha value is -0.820. The maximum absolute atomic E-state index is 3.42. The van der Waals surface area contributed by atoms with E-state index in [-0.39, 0.29) is 0 Å². The topological polar surface area (TPSA) is 12.0 Å². The van der Waals surface area contributed by atoms with E-state index in [2.05, 4.69) is 36.5 Å². The second-order valence-electron chi connectivity index (χ2n) is 3.57. The van der Waals surface area contributed by atoms with Gasteiger partial charge in [0.1, 0.15) is 0 Å². The number of aryl methyl sites for hydroxylation is 1. The van der Waals surface area contributed by atoms with E-state index in [4.69, 9.17) is 0 Å². The molecule has 64 valence electrons. The lowest BCUT2D eigenvalue weighted by atomic mass is 9.96. The minimum Gasteiger partial charge on any atom is -0.314 e. The van der Waals surface area contributed by atoms with Crippen molar-refractivity contribution in [3.05, 3.63) is 35.4 Å². The van der Waals surface area contributed by atoms with E-state index in [9.17, 15) is 0 Å². The molecule has 1 saturated heterocycles. The van der Waals surface area contributed by atoms with Crippen LogP contribution in [0.1, 0.15) is 17.5 Å². The SMILES string of the molecule is Cc1ccccc1CC1CCN1. The lowest BCUT2D eigenvalue weighted by Crippen LogP contribution is -2.44. The first-order valence-electron chi connectivity index (χ1n) is 4.64. The average Bonchev–Trinajstić information content (AvgIpc) is 2.00. The van der Waals surface area contributed by atoms with Crippen molar-refractivity contribution in [2.24, 2.45) is 0 Å². The van der Waals surface area contributed by atoms with Gasteiger partial charge in [-0.2, -0.15) is 0 Å². The van der Waals surface area contributed by atoms with Crippen molar-refractivity contribution < 1.29 is 0 Å². The third kappa shape index (κ3) is 1.51. The average molecular weight is 161 g/mol. The van der Waals surface area contributed by atoms with E-state index in [0.29, 0.717) is 0 Å². The molecule has 0 aromatic heterocycles. The molecule has 1 nitrogen and oxygen atoms in total. The molecule has 1 aromatic rings. The third-order valence-electron chi connectivity index (χ3n) is 2.65. The number of benzene rings is 1. The Balaban J connectivity index is 2.06. The highest BCUT2D eigenvalue weighted by Gasteiger charge is 2.16. The van der Waals surface area contributed by atoms with Crippen molar-refractivity contribution in [2.45, 2.75) is 25.8 Å². The first-order valence-corrected chi connectivity index (χ1v) is 4.64. The van der Waals surface area contributed by atoms with Crippen LogP contribution < -0.4 is 5.32 Å². The van der Waals surface area contributed by atoms with Crippen LogP contribution in [0.5, 0.6) is 0 Å². The first-order chi connectivity index (χ1) is 5.86. The van der Waals surface area contributed by atoms with E-state index in [0.717, 1.165) is 6.04 Å². The Morgan fingerprint density at radius 3 is 2.75 bits per heavy atom. The molecule has 0 saturated carbocycles. The van der Waals surface area contributed by atoms with Crippen molar-refractivity contribution in [1.29, 1.82) is 0 Å². The second kappa shape index (κ2) is 3.28. The van der Waals surface area contributed by atoms with E-state index < -0.39 is 0 Å². The fraction of sp³-hybridized carbons (Fsp3) is 0.455. The normalized spacial score (nSPS) is 21.9. The predicted octanol–water partition coefficient (Wildman–Crippen LogP) is 1.90. The molecule has 1 atom stereocenters. The van der Waals surface area contributed by atoms with Crippen molar-refractivity contribution >= 4 is 0 Å². The van der Waals surface area contributed by atoms with Gasteiger partial charge in [0.15, 0.2) is 0 Å². The molecule has 12 heavy (non-hydrogen) atoms. The number of hydrogen-bond acceptors (Lipinski definition) is 1. The van der Waals surface area contributed by atoms with Crippen molar-refractivity contribution in [3.8, 4) is 0 Å². The van der Waals surface area contributed by atoms with Crippen LogP contribution in [0.15, 0.2) is 24.3 Å². The van der Waals surface area contributed by atoms with Crippen LogP contribution in [-0.2, 0) is 6.42 Å². The first kappa shape index (κ1) is 7.81. The van der Waals surface area contributed by atoms with Crippen molar-refractivity contribution in [3.63, 3.8) is 0 Å². The number of rotatable bonds is 2. The van der Waals surface area contributed by atoms with Gasteiger partial charge in [-0.15, -0.1) is 0 Å². The van der Waals surface area contributed by atoms with Gasteiger partial charge in [0, 0.05) is 6.04 Å². The maximum Gasteiger partial charge on any atom is 0.0120 e. The van der Waals surface area contributed by atoms with Gasteiger partial charge in [-0.3, -0.25) is 0 Å². The van der Waals surface area contributed by atoms with Gasteiger partial charge < -0.3 is 5.32 Å². The molecule has 0 amide bonds. The van der Waals surface area contributed by atoms with Crippen LogP contribution in [0.25, 0.3) is 0 Å². The molecule has 1 heteroatoms. The fourth-order valence-electron chi connectivity index (χ4n) is 1.63. The summed E-state index contributed by atoms with van der Waals surface area (Å²) >= 11 is 0. The second-order valence-corrected chi connectivity index (χ2v) is 3.57. The molecule has 0 bridgehead atoms. The van der Waals surface area contributed by atoms with Gasteiger partial charge in [0.2, 0.25) is 0 Å². The van der Waals surface area contributed by atoms with Crippen LogP contribution in [0, 0.1) is 6.92 Å². The summed E-state index contributed by atoms with van der Waals surface area (Å²) < 4.78 is 0. The van der Waals surface area contributed by atoms with E-state index >= 15 is 0 Å². The van der Waals surface area contributed by atoms with E-state index in [1.54, 1.807) is 0 Å². The monoisotopic (exact) mass is 161 g/mol. The summed E-state index contributed by atoms with van der Waals surface area (Å²) in [6.07, 6.45) is 2.54. The molecule has 0 radical (unpaired) electrons. The molecule has 1 unspecified atom stereocenters. The van der Waals surface area contributed by atoms with E-state index in [1.807, 2.05) is 0 Å². The number of hydrogen-bond donors (Lipinski definition) is 1. The van der Waals surface area contributed by atoms with Gasteiger partial charge in [-0.05, 0) is 37.4 Å². The highest BCUT2D eigenvalue weighted by Crippen LogP contribution is 2.14. The highest BCUT2D eigenvalue weighted by atomic mass is 15.0. The zero-order valence-corrected chi connectivity index (χ0v) is 7.51. The molecule has 1 heterocycles. The molecule has 0 aliphatic carbocycles. The smallest absolute Gasteiger partial charge is 0.0120 e.